The molecule has 0 aliphatic heterocycles. The van der Waals surface area contributed by atoms with Crippen LogP contribution < -0.4 is 9.62 Å². The summed E-state index contributed by atoms with van der Waals surface area (Å²) in [6, 6.07) is 10.4. The maximum atomic E-state index is 12.5. The van der Waals surface area contributed by atoms with E-state index in [1.807, 2.05) is 6.92 Å². The Morgan fingerprint density at radius 1 is 1.12 bits per heavy atom. The van der Waals surface area contributed by atoms with Crippen LogP contribution in [0.25, 0.3) is 0 Å². The topological polar surface area (TPSA) is 66.5 Å². The zero-order chi connectivity index (χ0) is 18.8. The van der Waals surface area contributed by atoms with Crippen molar-refractivity contribution in [2.45, 2.75) is 19.9 Å². The Morgan fingerprint density at radius 3 is 2.24 bits per heavy atom. The number of nitrogens with zero attached hydrogens (tertiary/aromatic N) is 1. The Morgan fingerprint density at radius 2 is 1.72 bits per heavy atom. The highest BCUT2D eigenvalue weighted by Gasteiger charge is 2.29. The van der Waals surface area contributed by atoms with Crippen molar-refractivity contribution in [3.05, 3.63) is 58.1 Å². The molecule has 1 N–H and O–H groups in total. The number of sulfonamides is 1. The number of carbonyl (C=O) groups is 1. The summed E-state index contributed by atoms with van der Waals surface area (Å²) in [7, 11) is -3.70. The minimum Gasteiger partial charge on any atom is -0.324 e. The first-order chi connectivity index (χ1) is 11.6. The largest absolute Gasteiger partial charge is 0.324 e. The molecule has 0 aromatic heterocycles. The average Bonchev–Trinajstić information content (AvgIpc) is 2.51. The van der Waals surface area contributed by atoms with E-state index < -0.39 is 22.0 Å². The van der Waals surface area contributed by atoms with Crippen molar-refractivity contribution in [2.24, 2.45) is 0 Å². The maximum Gasteiger partial charge on any atom is 0.247 e. The predicted molar refractivity (Wildman–Crippen MR) is 103 cm³/mol. The molecule has 2 aromatic carbocycles. The number of carbonyl (C=O) groups excluding carboxylic acids is 1. The van der Waals surface area contributed by atoms with Crippen molar-refractivity contribution < 1.29 is 13.2 Å². The van der Waals surface area contributed by atoms with Gasteiger partial charge in [-0.3, -0.25) is 9.10 Å². The molecule has 0 spiro atoms. The van der Waals surface area contributed by atoms with Gasteiger partial charge in [-0.25, -0.2) is 8.42 Å². The molecule has 2 rings (SSSR count). The fraction of sp³-hybridized carbons (Fsp3) is 0.235. The fourth-order valence-electron chi connectivity index (χ4n) is 2.31. The van der Waals surface area contributed by atoms with E-state index in [1.54, 1.807) is 36.4 Å². The maximum absolute atomic E-state index is 12.5. The van der Waals surface area contributed by atoms with Gasteiger partial charge in [0.15, 0.2) is 0 Å². The van der Waals surface area contributed by atoms with Gasteiger partial charge in [0, 0.05) is 15.7 Å². The van der Waals surface area contributed by atoms with Crippen molar-refractivity contribution in [1.82, 2.24) is 0 Å². The highest BCUT2D eigenvalue weighted by atomic mass is 35.5. The molecule has 1 amide bonds. The van der Waals surface area contributed by atoms with Crippen molar-refractivity contribution in [3.63, 3.8) is 0 Å². The van der Waals surface area contributed by atoms with Crippen LogP contribution in [0.3, 0.4) is 0 Å². The van der Waals surface area contributed by atoms with Gasteiger partial charge in [0.1, 0.15) is 6.04 Å². The average molecular weight is 401 g/mol. The number of benzene rings is 2. The summed E-state index contributed by atoms with van der Waals surface area (Å²) in [5.41, 5.74) is 1.67. The number of hydrogen-bond acceptors (Lipinski definition) is 3. The van der Waals surface area contributed by atoms with E-state index in [0.29, 0.717) is 21.4 Å². The minimum atomic E-state index is -3.70. The number of anilines is 2. The van der Waals surface area contributed by atoms with Crippen LogP contribution >= 0.6 is 23.2 Å². The zero-order valence-electron chi connectivity index (χ0n) is 14.0. The van der Waals surface area contributed by atoms with Crippen molar-refractivity contribution in [1.29, 1.82) is 0 Å². The molecule has 0 aliphatic carbocycles. The van der Waals surface area contributed by atoms with Gasteiger partial charge in [-0.2, -0.15) is 0 Å². The molecule has 2 aromatic rings. The molecular formula is C17H18Cl2N2O3S. The van der Waals surface area contributed by atoms with Crippen LogP contribution in [0, 0.1) is 6.92 Å². The van der Waals surface area contributed by atoms with Gasteiger partial charge in [-0.1, -0.05) is 29.3 Å². The SMILES string of the molecule is Cc1ccc(N([C@@H](C)C(=O)Nc2ccc(Cl)cc2)S(C)(=O)=O)cc1Cl. The van der Waals surface area contributed by atoms with Gasteiger partial charge in [0.05, 0.1) is 11.9 Å². The molecule has 25 heavy (non-hydrogen) atoms. The van der Waals surface area contributed by atoms with Gasteiger partial charge in [0.25, 0.3) is 0 Å². The van der Waals surface area contributed by atoms with Crippen LogP contribution in [0.5, 0.6) is 0 Å². The van der Waals surface area contributed by atoms with Crippen LogP contribution in [0.1, 0.15) is 12.5 Å². The summed E-state index contributed by atoms with van der Waals surface area (Å²) in [6.07, 6.45) is 1.05. The molecule has 0 saturated heterocycles. The van der Waals surface area contributed by atoms with Crippen LogP contribution in [0.4, 0.5) is 11.4 Å². The molecule has 0 fully saturated rings. The Hall–Kier alpha value is -1.76. The van der Waals surface area contributed by atoms with Crippen molar-refractivity contribution in [2.75, 3.05) is 15.9 Å². The summed E-state index contributed by atoms with van der Waals surface area (Å²) < 4.78 is 25.6. The number of halogens is 2. The fourth-order valence-corrected chi connectivity index (χ4v) is 3.78. The first-order valence-electron chi connectivity index (χ1n) is 7.41. The first kappa shape index (κ1) is 19.6. The molecule has 8 heteroatoms. The lowest BCUT2D eigenvalue weighted by Gasteiger charge is -2.28. The highest BCUT2D eigenvalue weighted by Crippen LogP contribution is 2.27. The van der Waals surface area contributed by atoms with Crippen LogP contribution in [-0.4, -0.2) is 26.6 Å². The molecule has 0 aliphatic rings. The van der Waals surface area contributed by atoms with E-state index in [-0.39, 0.29) is 0 Å². The Labute approximate surface area is 157 Å². The van der Waals surface area contributed by atoms with Gasteiger partial charge in [0.2, 0.25) is 15.9 Å². The third-order valence-corrected chi connectivity index (χ3v) is 5.51. The van der Waals surface area contributed by atoms with E-state index in [9.17, 15) is 13.2 Å². The van der Waals surface area contributed by atoms with Gasteiger partial charge in [-0.05, 0) is 55.8 Å². The lowest BCUT2D eigenvalue weighted by Crippen LogP contribution is -2.45. The molecule has 0 saturated carbocycles. The van der Waals surface area contributed by atoms with Crippen LogP contribution in [0.15, 0.2) is 42.5 Å². The number of hydrogen-bond donors (Lipinski definition) is 1. The summed E-state index contributed by atoms with van der Waals surface area (Å²) in [6.45, 7) is 3.33. The lowest BCUT2D eigenvalue weighted by molar-refractivity contribution is -0.116. The van der Waals surface area contributed by atoms with Crippen molar-refractivity contribution in [3.8, 4) is 0 Å². The van der Waals surface area contributed by atoms with E-state index in [0.717, 1.165) is 16.1 Å². The molecular weight excluding hydrogens is 383 g/mol. The zero-order valence-corrected chi connectivity index (χ0v) is 16.3. The van der Waals surface area contributed by atoms with Gasteiger partial charge < -0.3 is 5.32 Å². The van der Waals surface area contributed by atoms with E-state index in [1.165, 1.54) is 13.0 Å². The second-order valence-corrected chi connectivity index (χ2v) is 8.37. The van der Waals surface area contributed by atoms with Crippen LogP contribution in [0.2, 0.25) is 10.0 Å². The third kappa shape index (κ3) is 4.87. The summed E-state index contributed by atoms with van der Waals surface area (Å²) >= 11 is 11.9. The smallest absolute Gasteiger partial charge is 0.247 e. The Kier molecular flexibility index (Phi) is 5.98. The molecule has 134 valence electrons. The summed E-state index contributed by atoms with van der Waals surface area (Å²) in [5.74, 6) is -0.468. The van der Waals surface area contributed by atoms with Crippen LogP contribution in [-0.2, 0) is 14.8 Å². The third-order valence-electron chi connectivity index (χ3n) is 3.61. The van der Waals surface area contributed by atoms with Gasteiger partial charge in [-0.15, -0.1) is 0 Å². The Bertz CT molecular complexity index is 883. The minimum absolute atomic E-state index is 0.330. The number of aryl methyl sites for hydroxylation is 1. The number of amides is 1. The summed E-state index contributed by atoms with van der Waals surface area (Å²) in [4.78, 5) is 12.5. The highest BCUT2D eigenvalue weighted by molar-refractivity contribution is 7.92. The normalized spacial score (nSPS) is 12.5. The molecule has 0 radical (unpaired) electrons. The number of rotatable bonds is 5. The Balaban J connectivity index is 2.32. The molecule has 0 bridgehead atoms. The van der Waals surface area contributed by atoms with E-state index >= 15 is 0 Å². The monoisotopic (exact) mass is 400 g/mol. The quantitative estimate of drug-likeness (QED) is 0.821. The van der Waals surface area contributed by atoms with Gasteiger partial charge >= 0.3 is 0 Å². The lowest BCUT2D eigenvalue weighted by atomic mass is 10.2. The molecule has 1 atom stereocenters. The molecule has 5 nitrogen and oxygen atoms in total. The first-order valence-corrected chi connectivity index (χ1v) is 10.0. The second kappa shape index (κ2) is 7.64. The summed E-state index contributed by atoms with van der Waals surface area (Å²) in [5, 5.41) is 3.65. The molecule has 0 heterocycles. The van der Waals surface area contributed by atoms with E-state index in [4.69, 9.17) is 23.2 Å². The number of nitrogens with one attached hydrogen (secondary N) is 1. The predicted octanol–water partition coefficient (Wildman–Crippen LogP) is 4.10. The second-order valence-electron chi connectivity index (χ2n) is 5.66. The molecule has 0 unspecified atom stereocenters. The standard InChI is InChI=1S/C17H18Cl2N2O3S/c1-11-4-9-15(10-16(11)19)21(25(3,23)24)12(2)17(22)20-14-7-5-13(18)6-8-14/h4-10,12H,1-3H3,(H,20,22)/t12-/m0/s1. The van der Waals surface area contributed by atoms with Crippen molar-refractivity contribution >= 4 is 50.5 Å². The van der Waals surface area contributed by atoms with E-state index in [2.05, 4.69) is 5.32 Å².